The van der Waals surface area contributed by atoms with Crippen LogP contribution in [-0.4, -0.2) is 31.3 Å². The summed E-state index contributed by atoms with van der Waals surface area (Å²) in [5.74, 6) is 2.02. The van der Waals surface area contributed by atoms with Crippen molar-refractivity contribution in [1.29, 1.82) is 0 Å². The molecule has 0 saturated carbocycles. The molecule has 2 heterocycles. The standard InChI is InChI=1S/C33H43N3O.3ClH/c1-22-23(2)32-28(24(3)31(22)34)19-33(4,37-32)20-30(27-15-17-35-18-16-27)36-21-29(25-11-7-5-8-12-25)26-13-9-6-10-14-26;;;/h5-14,27,29-30,35-36H,15-21,34H2,1-4H3;3*1H. The van der Waals surface area contributed by atoms with E-state index in [1.807, 2.05) is 0 Å². The fourth-order valence-corrected chi connectivity index (χ4v) is 6.52. The van der Waals surface area contributed by atoms with E-state index in [0.717, 1.165) is 49.5 Å². The van der Waals surface area contributed by atoms with Gasteiger partial charge < -0.3 is 21.1 Å². The van der Waals surface area contributed by atoms with Gasteiger partial charge in [-0.1, -0.05) is 60.7 Å². The maximum absolute atomic E-state index is 6.83. The quantitative estimate of drug-likeness (QED) is 0.235. The highest BCUT2D eigenvalue weighted by molar-refractivity contribution is 5.86. The first-order chi connectivity index (χ1) is 17.9. The molecule has 3 aromatic rings. The Morgan fingerprint density at radius 3 is 1.98 bits per heavy atom. The lowest BCUT2D eigenvalue weighted by atomic mass is 9.81. The van der Waals surface area contributed by atoms with Crippen LogP contribution >= 0.6 is 37.2 Å². The molecule has 4 N–H and O–H groups in total. The molecule has 1 fully saturated rings. The second kappa shape index (κ2) is 14.8. The van der Waals surface area contributed by atoms with Crippen LogP contribution in [0.15, 0.2) is 60.7 Å². The Bertz CT molecular complexity index is 1140. The number of fused-ring (bicyclic) bond motifs is 1. The van der Waals surface area contributed by atoms with E-state index in [9.17, 15) is 0 Å². The third-order valence-corrected chi connectivity index (χ3v) is 8.93. The molecule has 3 aromatic carbocycles. The van der Waals surface area contributed by atoms with Crippen molar-refractivity contribution in [2.24, 2.45) is 5.92 Å². The van der Waals surface area contributed by atoms with Crippen molar-refractivity contribution in [2.45, 2.75) is 70.9 Å². The summed E-state index contributed by atoms with van der Waals surface area (Å²) >= 11 is 0. The topological polar surface area (TPSA) is 59.3 Å². The molecule has 2 unspecified atom stereocenters. The summed E-state index contributed by atoms with van der Waals surface area (Å²) in [6.45, 7) is 11.8. The lowest BCUT2D eigenvalue weighted by molar-refractivity contribution is 0.0757. The van der Waals surface area contributed by atoms with Gasteiger partial charge in [-0.25, -0.2) is 0 Å². The van der Waals surface area contributed by atoms with Gasteiger partial charge in [0.2, 0.25) is 0 Å². The molecule has 4 nitrogen and oxygen atoms in total. The summed E-state index contributed by atoms with van der Waals surface area (Å²) in [4.78, 5) is 0. The third kappa shape index (κ3) is 7.27. The molecular weight excluding hydrogens is 561 g/mol. The number of hydrogen-bond acceptors (Lipinski definition) is 4. The van der Waals surface area contributed by atoms with E-state index >= 15 is 0 Å². The number of nitrogen functional groups attached to an aromatic ring is 1. The fraction of sp³-hybridized carbons (Fsp3) is 0.455. The Balaban J connectivity index is 0.00000187. The van der Waals surface area contributed by atoms with Crippen molar-refractivity contribution >= 4 is 42.9 Å². The lowest BCUT2D eigenvalue weighted by Crippen LogP contribution is -2.48. The molecule has 0 aromatic heterocycles. The highest BCUT2D eigenvalue weighted by atomic mass is 35.5. The molecule has 220 valence electrons. The van der Waals surface area contributed by atoms with Crippen molar-refractivity contribution in [3.05, 3.63) is 94.0 Å². The van der Waals surface area contributed by atoms with Crippen LogP contribution < -0.4 is 21.1 Å². The van der Waals surface area contributed by atoms with Crippen molar-refractivity contribution in [1.82, 2.24) is 10.6 Å². The van der Waals surface area contributed by atoms with E-state index in [-0.39, 0.29) is 42.8 Å². The molecule has 2 atom stereocenters. The van der Waals surface area contributed by atoms with Crippen LogP contribution in [0.3, 0.4) is 0 Å². The van der Waals surface area contributed by atoms with Crippen molar-refractivity contribution < 1.29 is 4.74 Å². The summed E-state index contributed by atoms with van der Waals surface area (Å²) in [6, 6.07) is 22.2. The van der Waals surface area contributed by atoms with Crippen LogP contribution in [0.2, 0.25) is 0 Å². The van der Waals surface area contributed by atoms with E-state index in [2.05, 4.69) is 99.0 Å². The van der Waals surface area contributed by atoms with Crippen molar-refractivity contribution in [3.8, 4) is 5.75 Å². The summed E-state index contributed by atoms with van der Waals surface area (Å²) in [5, 5.41) is 7.64. The average molecular weight is 607 g/mol. The van der Waals surface area contributed by atoms with Gasteiger partial charge in [-0.2, -0.15) is 0 Å². The van der Waals surface area contributed by atoms with Gasteiger partial charge in [0.25, 0.3) is 0 Å². The van der Waals surface area contributed by atoms with E-state index in [1.165, 1.54) is 40.7 Å². The fourth-order valence-electron chi connectivity index (χ4n) is 6.52. The van der Waals surface area contributed by atoms with Crippen LogP contribution in [-0.2, 0) is 6.42 Å². The number of rotatable bonds is 8. The first kappa shape index (κ1) is 34.3. The van der Waals surface area contributed by atoms with Gasteiger partial charge in [0, 0.05) is 42.6 Å². The number of ether oxygens (including phenoxy) is 1. The minimum atomic E-state index is -0.240. The SMILES string of the molecule is Cc1c(C)c2c(c(C)c1N)CC(C)(CC(NCC(c1ccccc1)c1ccccc1)C1CCNCC1)O2.Cl.Cl.Cl. The number of benzene rings is 3. The van der Waals surface area contributed by atoms with Crippen LogP contribution in [0.25, 0.3) is 0 Å². The van der Waals surface area contributed by atoms with Crippen LogP contribution in [0, 0.1) is 26.7 Å². The Hall–Kier alpha value is -1.95. The lowest BCUT2D eigenvalue weighted by Gasteiger charge is -2.37. The molecule has 0 amide bonds. The zero-order valence-electron chi connectivity index (χ0n) is 24.2. The number of nitrogens with two attached hydrogens (primary N) is 1. The Labute approximate surface area is 259 Å². The van der Waals surface area contributed by atoms with Gasteiger partial charge in [0.05, 0.1) is 0 Å². The zero-order valence-corrected chi connectivity index (χ0v) is 26.6. The molecule has 2 aliphatic rings. The molecule has 2 aliphatic heterocycles. The molecule has 0 bridgehead atoms. The molecule has 0 spiro atoms. The first-order valence-electron chi connectivity index (χ1n) is 14.0. The number of halogens is 3. The summed E-state index contributed by atoms with van der Waals surface area (Å²) in [7, 11) is 0. The largest absolute Gasteiger partial charge is 0.487 e. The summed E-state index contributed by atoms with van der Waals surface area (Å²) in [6.07, 6.45) is 4.31. The van der Waals surface area contributed by atoms with E-state index in [1.54, 1.807) is 0 Å². The van der Waals surface area contributed by atoms with Crippen molar-refractivity contribution in [3.63, 3.8) is 0 Å². The minimum absolute atomic E-state index is 0. The molecule has 0 aliphatic carbocycles. The smallest absolute Gasteiger partial charge is 0.127 e. The van der Waals surface area contributed by atoms with Crippen LogP contribution in [0.5, 0.6) is 5.75 Å². The van der Waals surface area contributed by atoms with Crippen LogP contribution in [0.4, 0.5) is 5.69 Å². The number of hydrogen-bond donors (Lipinski definition) is 3. The van der Waals surface area contributed by atoms with Gasteiger partial charge in [0.15, 0.2) is 0 Å². The average Bonchev–Trinajstić information content (AvgIpc) is 3.29. The Morgan fingerprint density at radius 1 is 0.875 bits per heavy atom. The molecule has 0 radical (unpaired) electrons. The predicted molar refractivity (Wildman–Crippen MR) is 176 cm³/mol. The Morgan fingerprint density at radius 2 is 1.43 bits per heavy atom. The number of anilines is 1. The predicted octanol–water partition coefficient (Wildman–Crippen LogP) is 7.33. The molecule has 7 heteroatoms. The molecule has 1 saturated heterocycles. The molecular formula is C33H46Cl3N3O. The maximum atomic E-state index is 6.83. The number of nitrogens with one attached hydrogen (secondary N) is 2. The molecule has 40 heavy (non-hydrogen) atoms. The van der Waals surface area contributed by atoms with E-state index in [0.29, 0.717) is 17.9 Å². The number of piperidine rings is 1. The van der Waals surface area contributed by atoms with Gasteiger partial charge in [0.1, 0.15) is 11.4 Å². The highest BCUT2D eigenvalue weighted by Gasteiger charge is 2.41. The third-order valence-electron chi connectivity index (χ3n) is 8.93. The zero-order chi connectivity index (χ0) is 26.0. The van der Waals surface area contributed by atoms with Crippen molar-refractivity contribution in [2.75, 3.05) is 25.4 Å². The van der Waals surface area contributed by atoms with Gasteiger partial charge in [-0.15, -0.1) is 37.2 Å². The summed E-state index contributed by atoms with van der Waals surface area (Å²) < 4.78 is 6.83. The normalized spacial score (nSPS) is 19.0. The van der Waals surface area contributed by atoms with Gasteiger partial charge >= 0.3 is 0 Å². The van der Waals surface area contributed by atoms with E-state index < -0.39 is 0 Å². The second-order valence-electron chi connectivity index (χ2n) is 11.5. The highest BCUT2D eigenvalue weighted by Crippen LogP contribution is 2.45. The van der Waals surface area contributed by atoms with Gasteiger partial charge in [-0.05, 0) is 87.4 Å². The maximum Gasteiger partial charge on any atom is 0.127 e. The second-order valence-corrected chi connectivity index (χ2v) is 11.5. The Kier molecular flexibility index (Phi) is 12.7. The van der Waals surface area contributed by atoms with E-state index in [4.69, 9.17) is 10.5 Å². The first-order valence-corrected chi connectivity index (χ1v) is 14.0. The molecule has 5 rings (SSSR count). The summed E-state index contributed by atoms with van der Waals surface area (Å²) in [5.41, 5.74) is 14.7. The van der Waals surface area contributed by atoms with Gasteiger partial charge in [-0.3, -0.25) is 0 Å². The van der Waals surface area contributed by atoms with Crippen LogP contribution in [0.1, 0.15) is 65.5 Å². The minimum Gasteiger partial charge on any atom is -0.487 e. The monoisotopic (exact) mass is 605 g/mol.